The number of nitrogens with zero attached hydrogens (tertiary/aromatic N) is 2. The molecule has 1 aliphatic rings. The van der Waals surface area contributed by atoms with E-state index in [-0.39, 0.29) is 5.91 Å². The highest BCUT2D eigenvalue weighted by Crippen LogP contribution is 2.19. The molecule has 2 rings (SSSR count). The minimum Gasteiger partial charge on any atom is -0.367 e. The van der Waals surface area contributed by atoms with Crippen molar-refractivity contribution in [3.05, 3.63) is 24.0 Å². The molecule has 1 saturated heterocycles. The highest BCUT2D eigenvalue weighted by molar-refractivity contribution is 5.85. The van der Waals surface area contributed by atoms with Gasteiger partial charge in [0.15, 0.2) is 0 Å². The average Bonchev–Trinajstić information content (AvgIpc) is 2.91. The Morgan fingerprint density at radius 2 is 2.11 bits per heavy atom. The van der Waals surface area contributed by atoms with Crippen molar-refractivity contribution in [1.29, 1.82) is 0 Å². The number of rotatable bonds is 4. The van der Waals surface area contributed by atoms with E-state index < -0.39 is 5.54 Å². The summed E-state index contributed by atoms with van der Waals surface area (Å²) in [6.45, 7) is 8.46. The molecule has 2 heterocycles. The molecule has 5 nitrogen and oxygen atoms in total. The van der Waals surface area contributed by atoms with Gasteiger partial charge in [-0.1, -0.05) is 0 Å². The summed E-state index contributed by atoms with van der Waals surface area (Å²) in [5.41, 5.74) is 0.694. The Bertz CT molecular complexity index is 407. The van der Waals surface area contributed by atoms with Crippen LogP contribution in [0.25, 0.3) is 0 Å². The minimum atomic E-state index is -0.437. The summed E-state index contributed by atoms with van der Waals surface area (Å²) in [4.78, 5) is 19.7. The van der Waals surface area contributed by atoms with E-state index in [1.807, 2.05) is 44.3 Å². The summed E-state index contributed by atoms with van der Waals surface area (Å²) in [6.07, 6.45) is 3.82. The monoisotopic (exact) mass is 264 g/mol. The van der Waals surface area contributed by atoms with Gasteiger partial charge < -0.3 is 15.2 Å². The lowest BCUT2D eigenvalue weighted by atomic mass is 9.99. The summed E-state index contributed by atoms with van der Waals surface area (Å²) < 4.78 is 0. The summed E-state index contributed by atoms with van der Waals surface area (Å²) in [5.74, 6) is 0.176. The molecular weight excluding hydrogens is 240 g/mol. The Morgan fingerprint density at radius 1 is 1.42 bits per heavy atom. The molecule has 106 valence electrons. The summed E-state index contributed by atoms with van der Waals surface area (Å²) in [7, 11) is 1.87. The van der Waals surface area contributed by atoms with Crippen molar-refractivity contribution in [2.24, 2.45) is 0 Å². The van der Waals surface area contributed by atoms with Gasteiger partial charge in [0.1, 0.15) is 0 Å². The van der Waals surface area contributed by atoms with Crippen molar-refractivity contribution in [3.63, 3.8) is 0 Å². The number of aromatic nitrogens is 1. The Morgan fingerprint density at radius 3 is 2.68 bits per heavy atom. The number of carbonyl (C=O) groups excluding carboxylic acids is 1. The number of aromatic amines is 1. The van der Waals surface area contributed by atoms with Crippen molar-refractivity contribution >= 4 is 5.91 Å². The highest BCUT2D eigenvalue weighted by atomic mass is 16.2. The number of carbonyl (C=O) groups is 1. The van der Waals surface area contributed by atoms with E-state index in [1.165, 1.54) is 0 Å². The number of H-pyrrole nitrogens is 1. The van der Waals surface area contributed by atoms with E-state index in [9.17, 15) is 4.79 Å². The molecule has 5 heteroatoms. The first-order valence-corrected chi connectivity index (χ1v) is 6.85. The molecule has 1 aromatic rings. The maximum Gasteiger partial charge on any atom is 0.242 e. The zero-order valence-electron chi connectivity index (χ0n) is 12.1. The molecule has 0 saturated carbocycles. The first-order chi connectivity index (χ1) is 9.01. The fourth-order valence-electron chi connectivity index (χ4n) is 2.63. The van der Waals surface area contributed by atoms with Gasteiger partial charge in [0.2, 0.25) is 5.91 Å². The quantitative estimate of drug-likeness (QED) is 0.840. The molecule has 0 bridgehead atoms. The molecule has 0 radical (unpaired) electrons. The van der Waals surface area contributed by atoms with Crippen LogP contribution in [0.3, 0.4) is 0 Å². The van der Waals surface area contributed by atoms with Gasteiger partial charge in [-0.2, -0.15) is 0 Å². The van der Waals surface area contributed by atoms with Gasteiger partial charge in [-0.25, -0.2) is 0 Å². The van der Waals surface area contributed by atoms with Crippen molar-refractivity contribution in [3.8, 4) is 0 Å². The number of nitrogens with one attached hydrogen (secondary N) is 2. The van der Waals surface area contributed by atoms with Gasteiger partial charge in [-0.05, 0) is 25.5 Å². The van der Waals surface area contributed by atoms with Crippen LogP contribution in [0.2, 0.25) is 0 Å². The number of amides is 1. The SMILES string of the molecule is CN(Cc1cc[nH]c1)C(=O)C(C)(C)N1CCNCC1. The van der Waals surface area contributed by atoms with Crippen LogP contribution >= 0.6 is 0 Å². The first-order valence-electron chi connectivity index (χ1n) is 6.85. The lowest BCUT2D eigenvalue weighted by Crippen LogP contribution is -2.60. The third-order valence-corrected chi connectivity index (χ3v) is 3.86. The van der Waals surface area contributed by atoms with E-state index >= 15 is 0 Å². The molecule has 1 fully saturated rings. The number of hydrogen-bond acceptors (Lipinski definition) is 3. The Kier molecular flexibility index (Phi) is 4.27. The van der Waals surface area contributed by atoms with E-state index in [1.54, 1.807) is 0 Å². The summed E-state index contributed by atoms with van der Waals surface area (Å²) in [6, 6.07) is 2.00. The second-order valence-corrected chi connectivity index (χ2v) is 5.68. The first kappa shape index (κ1) is 14.1. The van der Waals surface area contributed by atoms with Crippen molar-refractivity contribution in [2.75, 3.05) is 33.2 Å². The fraction of sp³-hybridized carbons (Fsp3) is 0.643. The smallest absolute Gasteiger partial charge is 0.242 e. The van der Waals surface area contributed by atoms with Crippen LogP contribution in [0.5, 0.6) is 0 Å². The van der Waals surface area contributed by atoms with Crippen LogP contribution in [0.1, 0.15) is 19.4 Å². The van der Waals surface area contributed by atoms with Crippen molar-refractivity contribution < 1.29 is 4.79 Å². The van der Waals surface area contributed by atoms with Gasteiger partial charge in [-0.15, -0.1) is 0 Å². The molecule has 1 aliphatic heterocycles. The van der Waals surface area contributed by atoms with Crippen LogP contribution in [0.4, 0.5) is 0 Å². The molecule has 0 spiro atoms. The van der Waals surface area contributed by atoms with Crippen LogP contribution in [-0.2, 0) is 11.3 Å². The second-order valence-electron chi connectivity index (χ2n) is 5.68. The predicted octanol–water partition coefficient (Wildman–Crippen LogP) is 0.657. The Labute approximate surface area is 115 Å². The highest BCUT2D eigenvalue weighted by Gasteiger charge is 2.36. The molecule has 1 aromatic heterocycles. The van der Waals surface area contributed by atoms with Crippen LogP contribution in [0, 0.1) is 0 Å². The molecule has 1 amide bonds. The molecule has 0 aromatic carbocycles. The van der Waals surface area contributed by atoms with Gasteiger partial charge >= 0.3 is 0 Å². The standard InChI is InChI=1S/C14H24N4O/c1-14(2,18-8-6-15-7-9-18)13(19)17(3)11-12-4-5-16-10-12/h4-5,10,15-16H,6-9,11H2,1-3H3. The number of likely N-dealkylation sites (N-methyl/N-ethyl adjacent to an activating group) is 1. The van der Waals surface area contributed by atoms with Crippen LogP contribution in [-0.4, -0.2) is 59.5 Å². The normalized spacial score (nSPS) is 17.4. The topological polar surface area (TPSA) is 51.4 Å². The largest absolute Gasteiger partial charge is 0.367 e. The zero-order valence-corrected chi connectivity index (χ0v) is 12.1. The molecule has 0 aliphatic carbocycles. The molecule has 19 heavy (non-hydrogen) atoms. The fourth-order valence-corrected chi connectivity index (χ4v) is 2.63. The van der Waals surface area contributed by atoms with E-state index in [0.717, 1.165) is 31.7 Å². The van der Waals surface area contributed by atoms with E-state index in [0.29, 0.717) is 6.54 Å². The lowest BCUT2D eigenvalue weighted by molar-refractivity contribution is -0.142. The maximum atomic E-state index is 12.6. The van der Waals surface area contributed by atoms with Crippen molar-refractivity contribution in [1.82, 2.24) is 20.1 Å². The average molecular weight is 264 g/mol. The maximum absolute atomic E-state index is 12.6. The summed E-state index contributed by atoms with van der Waals surface area (Å²) >= 11 is 0. The predicted molar refractivity (Wildman–Crippen MR) is 75.8 cm³/mol. The lowest BCUT2D eigenvalue weighted by Gasteiger charge is -2.41. The molecule has 0 unspecified atom stereocenters. The van der Waals surface area contributed by atoms with Crippen molar-refractivity contribution in [2.45, 2.75) is 25.9 Å². The van der Waals surface area contributed by atoms with Gasteiger partial charge in [-0.3, -0.25) is 9.69 Å². The van der Waals surface area contributed by atoms with Crippen LogP contribution < -0.4 is 5.32 Å². The van der Waals surface area contributed by atoms with Gasteiger partial charge in [0, 0.05) is 52.2 Å². The van der Waals surface area contributed by atoms with E-state index in [4.69, 9.17) is 0 Å². The molecular formula is C14H24N4O. The Hall–Kier alpha value is -1.33. The van der Waals surface area contributed by atoms with Gasteiger partial charge in [0.05, 0.1) is 5.54 Å². The van der Waals surface area contributed by atoms with Gasteiger partial charge in [0.25, 0.3) is 0 Å². The van der Waals surface area contributed by atoms with Crippen LogP contribution in [0.15, 0.2) is 18.5 Å². The third-order valence-electron chi connectivity index (χ3n) is 3.86. The number of piperazine rings is 1. The molecule has 0 atom stereocenters. The second kappa shape index (κ2) is 5.75. The molecule has 2 N–H and O–H groups in total. The summed E-state index contributed by atoms with van der Waals surface area (Å²) in [5, 5.41) is 3.32. The van der Waals surface area contributed by atoms with E-state index in [2.05, 4.69) is 15.2 Å². The Balaban J connectivity index is 2.00. The zero-order chi connectivity index (χ0) is 13.9. The minimum absolute atomic E-state index is 0.176. The third kappa shape index (κ3) is 3.16. The number of hydrogen-bond donors (Lipinski definition) is 2.